The van der Waals surface area contributed by atoms with Gasteiger partial charge in [0.15, 0.2) is 0 Å². The molecule has 3 nitrogen and oxygen atoms in total. The maximum absolute atomic E-state index is 11.5. The summed E-state index contributed by atoms with van der Waals surface area (Å²) in [5.74, 6) is -0.569. The molecule has 1 radical (unpaired) electrons. The number of ether oxygens (including phenoxy) is 1. The van der Waals surface area contributed by atoms with E-state index in [2.05, 4.69) is 15.9 Å². The van der Waals surface area contributed by atoms with E-state index >= 15 is 0 Å². The number of alkyl halides is 3. The summed E-state index contributed by atoms with van der Waals surface area (Å²) in [6.45, 7) is 0. The average molecular weight is 165 g/mol. The molecule has 0 amide bonds. The van der Waals surface area contributed by atoms with Crippen molar-refractivity contribution in [3.05, 3.63) is 12.3 Å². The highest BCUT2D eigenvalue weighted by Crippen LogP contribution is 2.19. The average Bonchev–Trinajstić information content (AvgIpc) is 2.10. The lowest BCUT2D eigenvalue weighted by Gasteiger charge is -2.03. The second-order valence-corrected chi connectivity index (χ2v) is 1.80. The van der Waals surface area contributed by atoms with Crippen molar-refractivity contribution in [3.8, 4) is 5.88 Å². The predicted octanol–water partition coefficient (Wildman–Crippen LogP) is 1.12. The molecule has 0 aromatic carbocycles. The summed E-state index contributed by atoms with van der Waals surface area (Å²) >= 11 is 0. The van der Waals surface area contributed by atoms with Crippen molar-refractivity contribution < 1.29 is 17.9 Å². The van der Waals surface area contributed by atoms with Crippen LogP contribution in [0.4, 0.5) is 13.2 Å². The van der Waals surface area contributed by atoms with Crippen molar-refractivity contribution in [2.45, 2.75) is 6.36 Å². The Kier molecular flexibility index (Phi) is 1.76. The van der Waals surface area contributed by atoms with E-state index in [0.717, 1.165) is 0 Å². The molecule has 0 fully saturated rings. The lowest BCUT2D eigenvalue weighted by Crippen LogP contribution is -2.17. The molecule has 11 heavy (non-hydrogen) atoms. The highest BCUT2D eigenvalue weighted by Gasteiger charge is 2.32. The Morgan fingerprint density at radius 1 is 1.64 bits per heavy atom. The quantitative estimate of drug-likeness (QED) is 0.623. The molecule has 1 aromatic heterocycles. The van der Waals surface area contributed by atoms with Crippen LogP contribution < -0.4 is 4.74 Å². The van der Waals surface area contributed by atoms with Crippen molar-refractivity contribution in [1.82, 2.24) is 9.78 Å². The van der Waals surface area contributed by atoms with Crippen LogP contribution in [0.1, 0.15) is 0 Å². The Morgan fingerprint density at radius 3 is 2.64 bits per heavy atom. The van der Waals surface area contributed by atoms with E-state index in [1.807, 2.05) is 0 Å². The van der Waals surface area contributed by atoms with Crippen molar-refractivity contribution in [2.24, 2.45) is 7.05 Å². The zero-order valence-electron chi connectivity index (χ0n) is 5.51. The van der Waals surface area contributed by atoms with E-state index in [9.17, 15) is 13.2 Å². The molecule has 0 aliphatic heterocycles. The van der Waals surface area contributed by atoms with Crippen LogP contribution in [0, 0.1) is 6.07 Å². The molecule has 61 valence electrons. The van der Waals surface area contributed by atoms with Gasteiger partial charge in [-0.05, 0) is 0 Å². The topological polar surface area (TPSA) is 27.1 Å². The number of nitrogens with zero attached hydrogens (tertiary/aromatic N) is 2. The molecular formula is C5H4F3N2O. The fraction of sp³-hybridized carbons (Fsp3) is 0.400. The molecular weight excluding hydrogens is 161 g/mol. The maximum atomic E-state index is 11.5. The fourth-order valence-corrected chi connectivity index (χ4v) is 0.509. The molecule has 0 atom stereocenters. The zero-order chi connectivity index (χ0) is 8.48. The Bertz CT molecular complexity index is 242. The highest BCUT2D eigenvalue weighted by atomic mass is 19.4. The first-order valence-electron chi connectivity index (χ1n) is 2.64. The van der Waals surface area contributed by atoms with Gasteiger partial charge in [0, 0.05) is 13.2 Å². The van der Waals surface area contributed by atoms with Gasteiger partial charge in [0.1, 0.15) is 0 Å². The van der Waals surface area contributed by atoms with Crippen molar-refractivity contribution in [1.29, 1.82) is 0 Å². The number of halogens is 3. The van der Waals surface area contributed by atoms with Crippen LogP contribution in [-0.2, 0) is 7.05 Å². The fourth-order valence-electron chi connectivity index (χ4n) is 0.509. The molecule has 0 N–H and O–H groups in total. The summed E-state index contributed by atoms with van der Waals surface area (Å²) < 4.78 is 39.0. The molecule has 0 saturated carbocycles. The summed E-state index contributed by atoms with van der Waals surface area (Å²) in [5, 5.41) is 3.31. The van der Waals surface area contributed by atoms with Crippen LogP contribution in [-0.4, -0.2) is 16.1 Å². The number of hydrogen-bond acceptors (Lipinski definition) is 2. The molecule has 1 heterocycles. The molecule has 1 aromatic rings. The number of hydrogen-bond donors (Lipinski definition) is 0. The van der Waals surface area contributed by atoms with Gasteiger partial charge in [-0.15, -0.1) is 18.3 Å². The first-order valence-corrected chi connectivity index (χ1v) is 2.64. The molecule has 6 heteroatoms. The Morgan fingerprint density at radius 2 is 2.27 bits per heavy atom. The van der Waals surface area contributed by atoms with Gasteiger partial charge in [-0.3, -0.25) is 4.68 Å². The molecule has 0 bridgehead atoms. The van der Waals surface area contributed by atoms with Crippen molar-refractivity contribution >= 4 is 0 Å². The van der Waals surface area contributed by atoms with E-state index in [0.29, 0.717) is 0 Å². The van der Waals surface area contributed by atoms with E-state index < -0.39 is 12.2 Å². The van der Waals surface area contributed by atoms with Gasteiger partial charge in [0.05, 0.1) is 6.07 Å². The lowest BCUT2D eigenvalue weighted by atomic mass is 10.7. The third-order valence-corrected chi connectivity index (χ3v) is 0.836. The van der Waals surface area contributed by atoms with Crippen LogP contribution in [0.15, 0.2) is 6.20 Å². The zero-order valence-corrected chi connectivity index (χ0v) is 5.51. The lowest BCUT2D eigenvalue weighted by molar-refractivity contribution is -0.276. The normalized spacial score (nSPS) is 11.6. The van der Waals surface area contributed by atoms with Gasteiger partial charge in [0.25, 0.3) is 0 Å². The Hall–Kier alpha value is -1.20. The maximum Gasteiger partial charge on any atom is 0.574 e. The Balaban J connectivity index is 2.65. The summed E-state index contributed by atoms with van der Waals surface area (Å²) in [5.41, 5.74) is 0. The SMILES string of the molecule is Cn1c[c]c(OC(F)(F)F)n1. The van der Waals surface area contributed by atoms with Gasteiger partial charge in [0.2, 0.25) is 5.88 Å². The minimum atomic E-state index is -4.69. The summed E-state index contributed by atoms with van der Waals surface area (Å²) in [4.78, 5) is 0. The van der Waals surface area contributed by atoms with Gasteiger partial charge >= 0.3 is 6.36 Å². The molecule has 0 aliphatic carbocycles. The summed E-state index contributed by atoms with van der Waals surface area (Å²) in [6.07, 6.45) is -3.45. The number of aromatic nitrogens is 2. The van der Waals surface area contributed by atoms with Crippen LogP contribution >= 0.6 is 0 Å². The Labute approximate surface area is 60.4 Å². The van der Waals surface area contributed by atoms with Gasteiger partial charge in [-0.2, -0.15) is 0 Å². The predicted molar refractivity (Wildman–Crippen MR) is 28.7 cm³/mol. The van der Waals surface area contributed by atoms with E-state index in [1.54, 1.807) is 0 Å². The smallest absolute Gasteiger partial charge is 0.386 e. The third kappa shape index (κ3) is 2.48. The second kappa shape index (κ2) is 2.44. The summed E-state index contributed by atoms with van der Waals surface area (Å²) in [6, 6.07) is 2.17. The molecule has 0 unspecified atom stereocenters. The van der Waals surface area contributed by atoms with Crippen molar-refractivity contribution in [3.63, 3.8) is 0 Å². The van der Waals surface area contributed by atoms with Gasteiger partial charge in [-0.25, -0.2) is 0 Å². The molecule has 0 aliphatic rings. The minimum Gasteiger partial charge on any atom is -0.386 e. The van der Waals surface area contributed by atoms with E-state index in [-0.39, 0.29) is 0 Å². The van der Waals surface area contributed by atoms with E-state index in [4.69, 9.17) is 0 Å². The standard InChI is InChI=1S/C5H4F3N2O/c1-10-3-2-4(9-10)11-5(6,7)8/h3H,1H3. The number of rotatable bonds is 1. The minimum absolute atomic E-state index is 0.569. The van der Waals surface area contributed by atoms with Gasteiger partial charge in [-0.1, -0.05) is 0 Å². The van der Waals surface area contributed by atoms with Crippen molar-refractivity contribution in [2.75, 3.05) is 0 Å². The summed E-state index contributed by atoms with van der Waals surface area (Å²) in [7, 11) is 1.47. The molecule has 1 rings (SSSR count). The number of aryl methyl sites for hydroxylation is 1. The van der Waals surface area contributed by atoms with Gasteiger partial charge < -0.3 is 4.74 Å². The van der Waals surface area contributed by atoms with Crippen LogP contribution in [0.3, 0.4) is 0 Å². The van der Waals surface area contributed by atoms with E-state index in [1.165, 1.54) is 17.9 Å². The molecule has 0 spiro atoms. The highest BCUT2D eigenvalue weighted by molar-refractivity contribution is 5.02. The second-order valence-electron chi connectivity index (χ2n) is 1.80. The first kappa shape index (κ1) is 7.90. The third-order valence-electron chi connectivity index (χ3n) is 0.836. The van der Waals surface area contributed by atoms with Crippen LogP contribution in [0.5, 0.6) is 5.88 Å². The monoisotopic (exact) mass is 165 g/mol. The largest absolute Gasteiger partial charge is 0.574 e. The van der Waals surface area contributed by atoms with Crippen LogP contribution in [0.2, 0.25) is 0 Å². The van der Waals surface area contributed by atoms with Crippen LogP contribution in [0.25, 0.3) is 0 Å². The molecule has 0 saturated heterocycles. The first-order chi connectivity index (χ1) is 4.97.